The van der Waals surface area contributed by atoms with Crippen LogP contribution in [-0.2, 0) is 10.0 Å². The zero-order valence-corrected chi connectivity index (χ0v) is 18.6. The average Bonchev–Trinajstić information content (AvgIpc) is 2.69. The van der Waals surface area contributed by atoms with Gasteiger partial charge in [-0.2, -0.15) is 0 Å². The summed E-state index contributed by atoms with van der Waals surface area (Å²) in [4.78, 5) is 12.9. The Labute approximate surface area is 186 Å². The van der Waals surface area contributed by atoms with Crippen molar-refractivity contribution in [2.75, 3.05) is 0 Å². The van der Waals surface area contributed by atoms with Gasteiger partial charge in [0, 0.05) is 16.8 Å². The lowest BCUT2D eigenvalue weighted by Gasteiger charge is -2.17. The third-order valence-corrected chi connectivity index (χ3v) is 5.73. The topological polar surface area (TPSA) is 108 Å². The predicted octanol–water partition coefficient (Wildman–Crippen LogP) is 4.15. The number of allylic oxidation sites excluding steroid dienone is 2. The first-order chi connectivity index (χ1) is 14.6. The van der Waals surface area contributed by atoms with Crippen LogP contribution >= 0.6 is 11.6 Å². The van der Waals surface area contributed by atoms with Gasteiger partial charge in [0.2, 0.25) is 10.0 Å². The molecule has 2 aromatic rings. The summed E-state index contributed by atoms with van der Waals surface area (Å²) in [7, 11) is -3.76. The van der Waals surface area contributed by atoms with Crippen molar-refractivity contribution < 1.29 is 22.7 Å². The maximum absolute atomic E-state index is 12.9. The molecule has 0 fully saturated rings. The third kappa shape index (κ3) is 6.33. The van der Waals surface area contributed by atoms with Crippen LogP contribution in [0.5, 0.6) is 17.2 Å². The van der Waals surface area contributed by atoms with Gasteiger partial charge < -0.3 is 14.8 Å². The van der Waals surface area contributed by atoms with Crippen molar-refractivity contribution in [2.24, 2.45) is 5.14 Å². The Balaban J connectivity index is 1.80. The second-order valence-corrected chi connectivity index (χ2v) is 9.44. The number of carbonyl (C=O) groups is 1. The summed E-state index contributed by atoms with van der Waals surface area (Å²) in [5.41, 5.74) is 0.574. The molecular weight excluding hydrogens is 440 g/mol. The normalized spacial score (nSPS) is 16.0. The minimum atomic E-state index is -3.76. The molecule has 164 valence electrons. The monoisotopic (exact) mass is 462 g/mol. The molecule has 7 nitrogen and oxygen atoms in total. The van der Waals surface area contributed by atoms with Crippen molar-refractivity contribution in [3.63, 3.8) is 0 Å². The van der Waals surface area contributed by atoms with E-state index in [9.17, 15) is 13.2 Å². The van der Waals surface area contributed by atoms with E-state index < -0.39 is 21.2 Å². The van der Waals surface area contributed by atoms with Gasteiger partial charge in [0.1, 0.15) is 17.2 Å². The maximum Gasteiger partial charge on any atom is 0.259 e. The second-order valence-electron chi connectivity index (χ2n) is 7.22. The van der Waals surface area contributed by atoms with E-state index in [1.165, 1.54) is 18.2 Å². The molecule has 1 aliphatic carbocycles. The zero-order valence-electron chi connectivity index (χ0n) is 17.0. The van der Waals surface area contributed by atoms with E-state index in [0.29, 0.717) is 22.2 Å². The van der Waals surface area contributed by atoms with Crippen molar-refractivity contribution in [2.45, 2.75) is 31.6 Å². The van der Waals surface area contributed by atoms with Crippen LogP contribution in [0.2, 0.25) is 5.02 Å². The van der Waals surface area contributed by atoms with Crippen LogP contribution in [0, 0.1) is 0 Å². The third-order valence-electron chi connectivity index (χ3n) is 4.32. The largest absolute Gasteiger partial charge is 0.491 e. The first-order valence-electron chi connectivity index (χ1n) is 9.57. The van der Waals surface area contributed by atoms with Crippen molar-refractivity contribution in [3.8, 4) is 17.2 Å². The quantitative estimate of drug-likeness (QED) is 0.642. The Morgan fingerprint density at radius 1 is 1.16 bits per heavy atom. The fourth-order valence-corrected chi connectivity index (χ4v) is 3.80. The van der Waals surface area contributed by atoms with Gasteiger partial charge in [-0.25, -0.2) is 13.6 Å². The van der Waals surface area contributed by atoms with E-state index in [1.807, 2.05) is 13.8 Å². The highest BCUT2D eigenvalue weighted by Crippen LogP contribution is 2.30. The van der Waals surface area contributed by atoms with E-state index >= 15 is 0 Å². The van der Waals surface area contributed by atoms with Crippen LogP contribution in [0.4, 0.5) is 0 Å². The van der Waals surface area contributed by atoms with Gasteiger partial charge in [-0.3, -0.25) is 4.79 Å². The van der Waals surface area contributed by atoms with Crippen LogP contribution < -0.4 is 19.9 Å². The molecule has 1 unspecified atom stereocenters. The smallest absolute Gasteiger partial charge is 0.259 e. The van der Waals surface area contributed by atoms with Crippen LogP contribution in [-0.4, -0.2) is 25.7 Å². The van der Waals surface area contributed by atoms with Crippen LogP contribution in [0.25, 0.3) is 0 Å². The van der Waals surface area contributed by atoms with E-state index in [-0.39, 0.29) is 23.8 Å². The van der Waals surface area contributed by atoms with Crippen molar-refractivity contribution in [1.29, 1.82) is 0 Å². The molecule has 31 heavy (non-hydrogen) atoms. The minimum Gasteiger partial charge on any atom is -0.491 e. The number of nitrogens with two attached hydrogens (primary N) is 1. The van der Waals surface area contributed by atoms with Gasteiger partial charge in [0.05, 0.1) is 16.9 Å². The molecule has 3 rings (SSSR count). The lowest BCUT2D eigenvalue weighted by molar-refractivity contribution is 0.0964. The van der Waals surface area contributed by atoms with E-state index in [2.05, 4.69) is 5.32 Å². The molecule has 1 atom stereocenters. The molecule has 2 aromatic carbocycles. The van der Waals surface area contributed by atoms with Gasteiger partial charge in [0.25, 0.3) is 5.91 Å². The van der Waals surface area contributed by atoms with Gasteiger partial charge in [-0.05, 0) is 68.8 Å². The molecule has 0 saturated heterocycles. The number of amides is 1. The Hall–Kier alpha value is -2.81. The Morgan fingerprint density at radius 3 is 2.48 bits per heavy atom. The van der Waals surface area contributed by atoms with E-state index in [4.69, 9.17) is 26.2 Å². The van der Waals surface area contributed by atoms with Gasteiger partial charge in [0.15, 0.2) is 0 Å². The van der Waals surface area contributed by atoms with Crippen LogP contribution in [0.3, 0.4) is 0 Å². The maximum atomic E-state index is 12.9. The van der Waals surface area contributed by atoms with Gasteiger partial charge in [-0.1, -0.05) is 17.7 Å². The molecule has 1 aliphatic rings. The molecule has 0 radical (unpaired) electrons. The lowest BCUT2D eigenvalue weighted by Crippen LogP contribution is -2.31. The summed E-state index contributed by atoms with van der Waals surface area (Å²) < 4.78 is 34.7. The predicted molar refractivity (Wildman–Crippen MR) is 120 cm³/mol. The highest BCUT2D eigenvalue weighted by atomic mass is 35.5. The molecule has 0 saturated carbocycles. The SMILES string of the molecule is CC(C)Oc1ccc(Oc2cc(Cl)ccc2C(=O)NC2=CC(S(N)(=O)=O)CC=C2)cc1. The van der Waals surface area contributed by atoms with Crippen molar-refractivity contribution in [1.82, 2.24) is 5.32 Å². The number of nitrogens with one attached hydrogen (secondary N) is 1. The first-order valence-corrected chi connectivity index (χ1v) is 11.6. The highest BCUT2D eigenvalue weighted by Gasteiger charge is 2.22. The van der Waals surface area contributed by atoms with Crippen molar-refractivity contribution >= 4 is 27.5 Å². The van der Waals surface area contributed by atoms with Gasteiger partial charge in [-0.15, -0.1) is 0 Å². The number of ether oxygens (including phenoxy) is 2. The Bertz CT molecular complexity index is 1130. The molecule has 0 bridgehead atoms. The first kappa shape index (κ1) is 22.9. The lowest BCUT2D eigenvalue weighted by atomic mass is 10.1. The average molecular weight is 463 g/mol. The van der Waals surface area contributed by atoms with E-state index in [0.717, 1.165) is 0 Å². The Morgan fingerprint density at radius 2 is 1.84 bits per heavy atom. The standard InChI is InChI=1S/C22H23ClN2O5S/c1-14(2)29-17-7-9-18(10-8-17)30-21-12-15(23)6-11-20(21)22(26)25-16-4-3-5-19(13-16)31(24,27)28/h3-4,6-14,19H,5H2,1-2H3,(H,25,26)(H2,24,27,28). The summed E-state index contributed by atoms with van der Waals surface area (Å²) in [6, 6.07) is 11.6. The van der Waals surface area contributed by atoms with Crippen LogP contribution in [0.15, 0.2) is 66.4 Å². The molecular formula is C22H23ClN2O5S. The minimum absolute atomic E-state index is 0.0481. The number of hydrogen-bond acceptors (Lipinski definition) is 5. The zero-order chi connectivity index (χ0) is 22.6. The number of hydrogen-bond donors (Lipinski definition) is 2. The molecule has 0 aliphatic heterocycles. The number of benzene rings is 2. The fraction of sp³-hybridized carbons (Fsp3) is 0.227. The van der Waals surface area contributed by atoms with Gasteiger partial charge >= 0.3 is 0 Å². The molecule has 0 heterocycles. The number of sulfonamides is 1. The van der Waals surface area contributed by atoms with Crippen LogP contribution in [0.1, 0.15) is 30.6 Å². The highest BCUT2D eigenvalue weighted by molar-refractivity contribution is 7.89. The number of rotatable bonds is 7. The number of primary sulfonamides is 1. The summed E-state index contributed by atoms with van der Waals surface area (Å²) in [5.74, 6) is 0.980. The fourth-order valence-electron chi connectivity index (χ4n) is 2.92. The summed E-state index contributed by atoms with van der Waals surface area (Å²) in [6.07, 6.45) is 4.99. The van der Waals surface area contributed by atoms with E-state index in [1.54, 1.807) is 42.5 Å². The number of carbonyl (C=O) groups excluding carboxylic acids is 1. The molecule has 0 aromatic heterocycles. The molecule has 3 N–H and O–H groups in total. The molecule has 0 spiro atoms. The molecule has 9 heteroatoms. The van der Waals surface area contributed by atoms with Crippen molar-refractivity contribution in [3.05, 3.63) is 77.0 Å². The summed E-state index contributed by atoms with van der Waals surface area (Å²) in [6.45, 7) is 3.87. The Kier molecular flexibility index (Phi) is 7.04. The number of halogens is 1. The summed E-state index contributed by atoms with van der Waals surface area (Å²) >= 11 is 6.10. The molecule has 1 amide bonds. The summed E-state index contributed by atoms with van der Waals surface area (Å²) in [5, 5.41) is 7.41. The second kappa shape index (κ2) is 9.55.